The van der Waals surface area contributed by atoms with Crippen LogP contribution in [0.2, 0.25) is 0 Å². The zero-order valence-electron chi connectivity index (χ0n) is 10.7. The molecule has 1 unspecified atom stereocenters. The molecule has 0 saturated carbocycles. The van der Waals surface area contributed by atoms with E-state index in [4.69, 9.17) is 9.47 Å². The first-order chi connectivity index (χ1) is 8.07. The van der Waals surface area contributed by atoms with E-state index in [0.717, 1.165) is 32.4 Å². The predicted octanol–water partition coefficient (Wildman–Crippen LogP) is 0.986. The molecule has 1 N–H and O–H groups in total. The van der Waals surface area contributed by atoms with Gasteiger partial charge in [-0.05, 0) is 26.8 Å². The van der Waals surface area contributed by atoms with Gasteiger partial charge < -0.3 is 19.7 Å². The molecule has 17 heavy (non-hydrogen) atoms. The molecule has 0 aromatic rings. The first-order valence-corrected chi connectivity index (χ1v) is 6.32. The van der Waals surface area contributed by atoms with Gasteiger partial charge >= 0.3 is 6.09 Å². The van der Waals surface area contributed by atoms with Crippen LogP contribution in [0.4, 0.5) is 4.79 Å². The Morgan fingerprint density at radius 3 is 2.76 bits per heavy atom. The van der Waals surface area contributed by atoms with Crippen LogP contribution in [0, 0.1) is 0 Å². The van der Waals surface area contributed by atoms with Crippen molar-refractivity contribution in [1.82, 2.24) is 10.2 Å². The summed E-state index contributed by atoms with van der Waals surface area (Å²) in [6.45, 7) is 5.35. The van der Waals surface area contributed by atoms with Crippen molar-refractivity contribution >= 4 is 6.09 Å². The van der Waals surface area contributed by atoms with Gasteiger partial charge in [-0.1, -0.05) is 0 Å². The number of hydrogen-bond acceptors (Lipinski definition) is 4. The lowest BCUT2D eigenvalue weighted by molar-refractivity contribution is 0.0698. The second-order valence-corrected chi connectivity index (χ2v) is 5.38. The molecule has 2 saturated heterocycles. The van der Waals surface area contributed by atoms with E-state index in [1.807, 2.05) is 0 Å². The topological polar surface area (TPSA) is 50.8 Å². The summed E-state index contributed by atoms with van der Waals surface area (Å²) in [4.78, 5) is 14.0. The molecule has 0 bridgehead atoms. The van der Waals surface area contributed by atoms with Crippen LogP contribution in [-0.4, -0.2) is 56.0 Å². The van der Waals surface area contributed by atoms with Crippen LogP contribution in [-0.2, 0) is 9.47 Å². The average Bonchev–Trinajstić information content (AvgIpc) is 2.75. The third-order valence-electron chi connectivity index (χ3n) is 3.66. The number of rotatable bonds is 2. The molecule has 2 aliphatic heterocycles. The lowest BCUT2D eigenvalue weighted by Crippen LogP contribution is -2.53. The molecule has 2 aliphatic rings. The lowest BCUT2D eigenvalue weighted by Gasteiger charge is -2.38. The van der Waals surface area contributed by atoms with E-state index in [-0.39, 0.29) is 17.7 Å². The maximum atomic E-state index is 11.8. The minimum absolute atomic E-state index is 0.0649. The van der Waals surface area contributed by atoms with Crippen LogP contribution in [0.25, 0.3) is 0 Å². The van der Waals surface area contributed by atoms with E-state index >= 15 is 0 Å². The Hall–Kier alpha value is -0.810. The molecular weight excluding hydrogens is 220 g/mol. The monoisotopic (exact) mass is 242 g/mol. The summed E-state index contributed by atoms with van der Waals surface area (Å²) in [6.07, 6.45) is 2.39. The van der Waals surface area contributed by atoms with E-state index in [2.05, 4.69) is 24.2 Å². The number of likely N-dealkylation sites (tertiary alicyclic amines) is 1. The van der Waals surface area contributed by atoms with Crippen molar-refractivity contribution in [2.45, 2.75) is 37.8 Å². The number of piperidine rings is 1. The summed E-state index contributed by atoms with van der Waals surface area (Å²) >= 11 is 0. The third kappa shape index (κ3) is 3.57. The molecule has 2 rings (SSSR count). The van der Waals surface area contributed by atoms with Crippen LogP contribution in [0.1, 0.15) is 26.2 Å². The Bertz CT molecular complexity index is 269. The molecule has 98 valence electrons. The first kappa shape index (κ1) is 12.6. The first-order valence-electron chi connectivity index (χ1n) is 6.32. The second-order valence-electron chi connectivity index (χ2n) is 5.38. The van der Waals surface area contributed by atoms with Gasteiger partial charge in [0.05, 0.1) is 13.2 Å². The second kappa shape index (κ2) is 5.23. The van der Waals surface area contributed by atoms with E-state index in [1.165, 1.54) is 0 Å². The molecule has 1 amide bonds. The van der Waals surface area contributed by atoms with Gasteiger partial charge in [-0.15, -0.1) is 0 Å². The van der Waals surface area contributed by atoms with E-state index in [1.54, 1.807) is 0 Å². The Labute approximate surface area is 102 Å². The molecule has 2 heterocycles. The van der Waals surface area contributed by atoms with Crippen molar-refractivity contribution in [1.29, 1.82) is 0 Å². The molecule has 5 nitrogen and oxygen atoms in total. The van der Waals surface area contributed by atoms with E-state index < -0.39 is 0 Å². The summed E-state index contributed by atoms with van der Waals surface area (Å²) in [7, 11) is 2.10. The molecule has 0 aliphatic carbocycles. The highest BCUT2D eigenvalue weighted by Crippen LogP contribution is 2.21. The van der Waals surface area contributed by atoms with Gasteiger partial charge in [-0.2, -0.15) is 0 Å². The summed E-state index contributed by atoms with van der Waals surface area (Å²) < 4.78 is 10.5. The highest BCUT2D eigenvalue weighted by atomic mass is 16.6. The minimum atomic E-state index is -0.299. The largest absolute Gasteiger partial charge is 0.444 e. The summed E-state index contributed by atoms with van der Waals surface area (Å²) in [6, 6.07) is 0. The Kier molecular flexibility index (Phi) is 3.89. The number of ether oxygens (including phenoxy) is 2. The third-order valence-corrected chi connectivity index (χ3v) is 3.66. The van der Waals surface area contributed by atoms with Crippen LogP contribution >= 0.6 is 0 Å². The molecule has 0 radical (unpaired) electrons. The van der Waals surface area contributed by atoms with Crippen molar-refractivity contribution in [3.8, 4) is 0 Å². The average molecular weight is 242 g/mol. The standard InChI is InChI=1S/C12H22N2O3/c1-12(4-6-14(2)7-5-12)13-11(15)17-10-3-8-16-9-10/h10H,3-9H2,1-2H3,(H,13,15). The molecule has 1 atom stereocenters. The van der Waals surface area contributed by atoms with Crippen LogP contribution in [0.3, 0.4) is 0 Å². The fourth-order valence-electron chi connectivity index (χ4n) is 2.27. The molecule has 2 fully saturated rings. The fourth-order valence-corrected chi connectivity index (χ4v) is 2.27. The Balaban J connectivity index is 1.77. The number of carbonyl (C=O) groups is 1. The van der Waals surface area contributed by atoms with Crippen molar-refractivity contribution in [2.24, 2.45) is 0 Å². The highest BCUT2D eigenvalue weighted by molar-refractivity contribution is 5.68. The number of alkyl carbamates (subject to hydrolysis) is 1. The van der Waals surface area contributed by atoms with Gasteiger partial charge in [0.15, 0.2) is 0 Å². The van der Waals surface area contributed by atoms with Crippen molar-refractivity contribution < 1.29 is 14.3 Å². The minimum Gasteiger partial charge on any atom is -0.444 e. The van der Waals surface area contributed by atoms with Crippen LogP contribution < -0.4 is 5.32 Å². The van der Waals surface area contributed by atoms with Gasteiger partial charge in [0.25, 0.3) is 0 Å². The zero-order valence-corrected chi connectivity index (χ0v) is 10.7. The lowest BCUT2D eigenvalue weighted by atomic mass is 9.90. The number of nitrogens with zero attached hydrogens (tertiary/aromatic N) is 1. The van der Waals surface area contributed by atoms with Crippen molar-refractivity contribution in [2.75, 3.05) is 33.4 Å². The normalized spacial score (nSPS) is 28.9. The summed E-state index contributed by atoms with van der Waals surface area (Å²) in [5, 5.41) is 3.00. The van der Waals surface area contributed by atoms with E-state index in [9.17, 15) is 4.79 Å². The van der Waals surface area contributed by atoms with Gasteiger partial charge in [-0.3, -0.25) is 0 Å². The fraction of sp³-hybridized carbons (Fsp3) is 0.917. The quantitative estimate of drug-likeness (QED) is 0.784. The maximum Gasteiger partial charge on any atom is 0.407 e. The van der Waals surface area contributed by atoms with Gasteiger partial charge in [0.1, 0.15) is 6.10 Å². The zero-order chi connectivity index (χ0) is 12.3. The Morgan fingerprint density at radius 2 is 2.18 bits per heavy atom. The molecule has 0 aromatic heterocycles. The molecule has 5 heteroatoms. The number of carbonyl (C=O) groups excluding carboxylic acids is 1. The number of nitrogens with one attached hydrogen (secondary N) is 1. The Morgan fingerprint density at radius 1 is 1.47 bits per heavy atom. The summed E-state index contributed by atoms with van der Waals surface area (Å²) in [5.74, 6) is 0. The summed E-state index contributed by atoms with van der Waals surface area (Å²) in [5.41, 5.74) is -0.122. The van der Waals surface area contributed by atoms with Gasteiger partial charge in [0.2, 0.25) is 0 Å². The highest BCUT2D eigenvalue weighted by Gasteiger charge is 2.31. The smallest absolute Gasteiger partial charge is 0.407 e. The van der Waals surface area contributed by atoms with Crippen molar-refractivity contribution in [3.63, 3.8) is 0 Å². The molecule has 0 aromatic carbocycles. The number of amides is 1. The molecule has 0 spiro atoms. The maximum absolute atomic E-state index is 11.8. The molecular formula is C12H22N2O3. The van der Waals surface area contributed by atoms with Gasteiger partial charge in [0, 0.05) is 25.0 Å². The van der Waals surface area contributed by atoms with Crippen LogP contribution in [0.5, 0.6) is 0 Å². The van der Waals surface area contributed by atoms with E-state index in [0.29, 0.717) is 13.2 Å². The van der Waals surface area contributed by atoms with Gasteiger partial charge in [-0.25, -0.2) is 4.79 Å². The SMILES string of the molecule is CN1CCC(C)(NC(=O)OC2CCOC2)CC1. The van der Waals surface area contributed by atoms with Crippen molar-refractivity contribution in [3.05, 3.63) is 0 Å². The predicted molar refractivity (Wildman–Crippen MR) is 64.0 cm³/mol. The van der Waals surface area contributed by atoms with Crippen LogP contribution in [0.15, 0.2) is 0 Å². The number of hydrogen-bond donors (Lipinski definition) is 1.